The number of nitrogens with zero attached hydrogens (tertiary/aromatic N) is 1. The zero-order chi connectivity index (χ0) is 15.6. The predicted octanol–water partition coefficient (Wildman–Crippen LogP) is 1.06. The molecule has 0 radical (unpaired) electrons. The summed E-state index contributed by atoms with van der Waals surface area (Å²) in [6, 6.07) is -0.255. The van der Waals surface area contributed by atoms with Crippen molar-refractivity contribution in [3.8, 4) is 12.3 Å². The number of carboxylic acid groups (broad SMARTS) is 1. The van der Waals surface area contributed by atoms with E-state index < -0.39 is 23.2 Å². The molecule has 6 heteroatoms. The minimum absolute atomic E-state index is 0.0850. The van der Waals surface area contributed by atoms with Crippen LogP contribution in [0.5, 0.6) is 0 Å². The summed E-state index contributed by atoms with van der Waals surface area (Å²) in [5.41, 5.74) is -1.24. The molecule has 0 spiro atoms. The molecule has 1 unspecified atom stereocenters. The molecule has 1 fully saturated rings. The van der Waals surface area contributed by atoms with Gasteiger partial charge in [0.05, 0.1) is 18.0 Å². The molecule has 1 rings (SSSR count). The molecule has 0 saturated carbocycles. The molecule has 0 aromatic carbocycles. The van der Waals surface area contributed by atoms with E-state index >= 15 is 0 Å². The minimum Gasteiger partial charge on any atom is -0.481 e. The van der Waals surface area contributed by atoms with Crippen molar-refractivity contribution in [3.63, 3.8) is 0 Å². The van der Waals surface area contributed by atoms with E-state index in [1.54, 1.807) is 27.7 Å². The maximum absolute atomic E-state index is 11.9. The fourth-order valence-electron chi connectivity index (χ4n) is 2.18. The highest BCUT2D eigenvalue weighted by molar-refractivity contribution is 5.73. The van der Waals surface area contributed by atoms with E-state index in [-0.39, 0.29) is 25.6 Å². The van der Waals surface area contributed by atoms with Crippen LogP contribution in [0.15, 0.2) is 0 Å². The van der Waals surface area contributed by atoms with Gasteiger partial charge < -0.3 is 14.7 Å². The predicted molar refractivity (Wildman–Crippen MR) is 74.2 cm³/mol. The summed E-state index contributed by atoms with van der Waals surface area (Å²) >= 11 is 0. The molecule has 1 heterocycles. The normalized spacial score (nSPS) is 18.6. The molecule has 1 amide bonds. The number of nitrogens with one attached hydrogen (secondary N) is 1. The number of ether oxygens (including phenoxy) is 1. The van der Waals surface area contributed by atoms with Gasteiger partial charge in [-0.15, -0.1) is 6.42 Å². The molecule has 1 aliphatic heterocycles. The van der Waals surface area contributed by atoms with Crippen molar-refractivity contribution in [1.82, 2.24) is 10.2 Å². The second-order valence-electron chi connectivity index (χ2n) is 6.22. The highest BCUT2D eigenvalue weighted by Gasteiger charge is 2.48. The number of carboxylic acids is 1. The van der Waals surface area contributed by atoms with Gasteiger partial charge in [0.1, 0.15) is 5.60 Å². The summed E-state index contributed by atoms with van der Waals surface area (Å²) in [5.74, 6) is 1.58. The lowest BCUT2D eigenvalue weighted by Gasteiger charge is -2.50. The Morgan fingerprint density at radius 1 is 1.50 bits per heavy atom. The monoisotopic (exact) mass is 282 g/mol. The van der Waals surface area contributed by atoms with E-state index in [0.717, 1.165) is 0 Å². The van der Waals surface area contributed by atoms with Crippen molar-refractivity contribution in [3.05, 3.63) is 0 Å². The van der Waals surface area contributed by atoms with Crippen molar-refractivity contribution < 1.29 is 19.4 Å². The van der Waals surface area contributed by atoms with Gasteiger partial charge in [0.2, 0.25) is 0 Å². The number of rotatable bonds is 4. The Labute approximate surface area is 119 Å². The number of hydrogen-bond donors (Lipinski definition) is 2. The highest BCUT2D eigenvalue weighted by atomic mass is 16.6. The van der Waals surface area contributed by atoms with Crippen LogP contribution in [0, 0.1) is 12.3 Å². The van der Waals surface area contributed by atoms with E-state index in [4.69, 9.17) is 16.3 Å². The van der Waals surface area contributed by atoms with Gasteiger partial charge in [0.25, 0.3) is 0 Å². The van der Waals surface area contributed by atoms with Crippen LogP contribution in [0.25, 0.3) is 0 Å². The summed E-state index contributed by atoms with van der Waals surface area (Å²) in [6.45, 7) is 7.69. The maximum atomic E-state index is 11.9. The minimum atomic E-state index is -0.925. The average molecular weight is 282 g/mol. The number of hydrogen-bond acceptors (Lipinski definition) is 4. The fourth-order valence-corrected chi connectivity index (χ4v) is 2.18. The molecular formula is C14H22N2O4. The second-order valence-corrected chi connectivity index (χ2v) is 6.22. The van der Waals surface area contributed by atoms with Crippen LogP contribution in [-0.4, -0.2) is 52.3 Å². The quantitative estimate of drug-likeness (QED) is 0.754. The number of aliphatic carboxylic acids is 1. The third-order valence-electron chi connectivity index (χ3n) is 2.90. The highest BCUT2D eigenvalue weighted by Crippen LogP contribution is 2.27. The van der Waals surface area contributed by atoms with Crippen molar-refractivity contribution in [2.24, 2.45) is 0 Å². The number of amides is 1. The molecule has 0 aliphatic carbocycles. The van der Waals surface area contributed by atoms with E-state index in [2.05, 4.69) is 11.2 Å². The van der Waals surface area contributed by atoms with E-state index in [9.17, 15) is 9.59 Å². The fraction of sp³-hybridized carbons (Fsp3) is 0.714. The Bertz CT molecular complexity index is 427. The van der Waals surface area contributed by atoms with Crippen LogP contribution in [0.4, 0.5) is 4.79 Å². The summed E-state index contributed by atoms with van der Waals surface area (Å²) in [6.07, 6.45) is 4.78. The van der Waals surface area contributed by atoms with Gasteiger partial charge in [-0.1, -0.05) is 5.92 Å². The molecule has 0 bridgehead atoms. The van der Waals surface area contributed by atoms with Crippen molar-refractivity contribution in [1.29, 1.82) is 0 Å². The second kappa shape index (κ2) is 5.71. The van der Waals surface area contributed by atoms with Gasteiger partial charge in [0, 0.05) is 13.1 Å². The third-order valence-corrected chi connectivity index (χ3v) is 2.90. The lowest BCUT2D eigenvalue weighted by Crippen LogP contribution is -2.72. The Kier molecular flexibility index (Phi) is 4.66. The van der Waals surface area contributed by atoms with Gasteiger partial charge in [-0.2, -0.15) is 0 Å². The third kappa shape index (κ3) is 4.42. The first-order valence-corrected chi connectivity index (χ1v) is 6.50. The van der Waals surface area contributed by atoms with Crippen molar-refractivity contribution in [2.45, 2.75) is 51.3 Å². The first-order chi connectivity index (χ1) is 9.07. The largest absolute Gasteiger partial charge is 0.481 e. The summed E-state index contributed by atoms with van der Waals surface area (Å²) in [5, 5.41) is 12.1. The average Bonchev–Trinajstić information content (AvgIpc) is 2.21. The topological polar surface area (TPSA) is 78.9 Å². The lowest BCUT2D eigenvalue weighted by atomic mass is 9.85. The molecule has 1 atom stereocenters. The zero-order valence-electron chi connectivity index (χ0n) is 12.4. The Morgan fingerprint density at radius 3 is 2.45 bits per heavy atom. The van der Waals surface area contributed by atoms with Gasteiger partial charge in [-0.25, -0.2) is 4.79 Å². The van der Waals surface area contributed by atoms with Crippen LogP contribution in [0.3, 0.4) is 0 Å². The molecule has 112 valence electrons. The van der Waals surface area contributed by atoms with Crippen molar-refractivity contribution >= 4 is 12.1 Å². The summed E-state index contributed by atoms with van der Waals surface area (Å²) in [4.78, 5) is 24.3. The SMILES string of the molecule is C#CC(C)NC1(CC(=O)O)CN(C(=O)OC(C)(C)C)C1. The Balaban J connectivity index is 2.64. The number of carbonyl (C=O) groups is 2. The smallest absolute Gasteiger partial charge is 0.410 e. The van der Waals surface area contributed by atoms with Gasteiger partial charge >= 0.3 is 12.1 Å². The summed E-state index contributed by atoms with van der Waals surface area (Å²) < 4.78 is 5.24. The first kappa shape index (κ1) is 16.3. The molecule has 2 N–H and O–H groups in total. The van der Waals surface area contributed by atoms with E-state index in [1.165, 1.54) is 4.90 Å². The van der Waals surface area contributed by atoms with E-state index in [0.29, 0.717) is 0 Å². The van der Waals surface area contributed by atoms with E-state index in [1.807, 2.05) is 0 Å². The number of carbonyl (C=O) groups excluding carboxylic acids is 1. The van der Waals surface area contributed by atoms with Crippen LogP contribution < -0.4 is 5.32 Å². The maximum Gasteiger partial charge on any atom is 0.410 e. The van der Waals surface area contributed by atoms with Crippen LogP contribution in [0.2, 0.25) is 0 Å². The van der Waals surface area contributed by atoms with Gasteiger partial charge in [-0.3, -0.25) is 10.1 Å². The van der Waals surface area contributed by atoms with Crippen LogP contribution >= 0.6 is 0 Å². The van der Waals surface area contributed by atoms with Gasteiger partial charge in [0.15, 0.2) is 0 Å². The summed E-state index contributed by atoms with van der Waals surface area (Å²) in [7, 11) is 0. The Hall–Kier alpha value is -1.74. The zero-order valence-corrected chi connectivity index (χ0v) is 12.4. The van der Waals surface area contributed by atoms with Crippen LogP contribution in [-0.2, 0) is 9.53 Å². The number of likely N-dealkylation sites (tertiary alicyclic amines) is 1. The molecule has 1 aliphatic rings. The molecule has 20 heavy (non-hydrogen) atoms. The molecule has 6 nitrogen and oxygen atoms in total. The van der Waals surface area contributed by atoms with Crippen LogP contribution in [0.1, 0.15) is 34.1 Å². The Morgan fingerprint density at radius 2 is 2.05 bits per heavy atom. The molecule has 1 saturated heterocycles. The first-order valence-electron chi connectivity index (χ1n) is 6.50. The van der Waals surface area contributed by atoms with Crippen molar-refractivity contribution in [2.75, 3.05) is 13.1 Å². The van der Waals surface area contributed by atoms with Gasteiger partial charge in [-0.05, 0) is 27.7 Å². The lowest BCUT2D eigenvalue weighted by molar-refractivity contribution is -0.141. The molecule has 0 aromatic heterocycles. The number of terminal acetylenes is 1. The molecular weight excluding hydrogens is 260 g/mol. The molecule has 0 aromatic rings. The standard InChI is InChI=1S/C14H22N2O4/c1-6-10(2)15-14(7-11(17)18)8-16(9-14)12(19)20-13(3,4)5/h1,10,15H,7-9H2,2-5H3,(H,17,18).